The summed E-state index contributed by atoms with van der Waals surface area (Å²) in [5.41, 5.74) is 1.29. The minimum absolute atomic E-state index is 0.0951. The second-order valence-electron chi connectivity index (χ2n) is 4.74. The highest BCUT2D eigenvalue weighted by molar-refractivity contribution is 7.92. The van der Waals surface area contributed by atoms with E-state index in [1.165, 1.54) is 6.07 Å². The number of rotatable bonds is 4. The van der Waals surface area contributed by atoms with Gasteiger partial charge in [-0.25, -0.2) is 8.42 Å². The van der Waals surface area contributed by atoms with Crippen LogP contribution in [0.5, 0.6) is 0 Å². The van der Waals surface area contributed by atoms with E-state index in [9.17, 15) is 18.5 Å². The predicted octanol–water partition coefficient (Wildman–Crippen LogP) is 3.67. The highest BCUT2D eigenvalue weighted by Gasteiger charge is 2.26. The Morgan fingerprint density at radius 2 is 1.73 bits per heavy atom. The van der Waals surface area contributed by atoms with E-state index >= 15 is 0 Å². The van der Waals surface area contributed by atoms with Crippen molar-refractivity contribution in [2.45, 2.75) is 18.7 Å². The fourth-order valence-electron chi connectivity index (χ4n) is 2.03. The van der Waals surface area contributed by atoms with Crippen molar-refractivity contribution in [3.8, 4) is 0 Å². The van der Waals surface area contributed by atoms with E-state index in [1.807, 2.05) is 0 Å². The molecular weight excluding hydrogens is 328 g/mol. The van der Waals surface area contributed by atoms with Gasteiger partial charge in [-0.2, -0.15) is 0 Å². The number of nitro groups is 1. The molecule has 2 aromatic rings. The molecule has 0 fully saturated rings. The average Bonchev–Trinajstić information content (AvgIpc) is 2.42. The van der Waals surface area contributed by atoms with Crippen molar-refractivity contribution in [2.24, 2.45) is 0 Å². The molecule has 0 aliphatic carbocycles. The normalized spacial score (nSPS) is 11.2. The third-order valence-electron chi connectivity index (χ3n) is 3.12. The molecule has 0 saturated heterocycles. The Balaban J connectivity index is 2.55. The average molecular weight is 341 g/mol. The fraction of sp³-hybridized carbons (Fsp3) is 0.143. The molecule has 0 radical (unpaired) electrons. The van der Waals surface area contributed by atoms with Crippen LogP contribution in [-0.2, 0) is 10.0 Å². The highest BCUT2D eigenvalue weighted by atomic mass is 35.5. The zero-order valence-corrected chi connectivity index (χ0v) is 13.4. The van der Waals surface area contributed by atoms with Crippen molar-refractivity contribution >= 4 is 33.0 Å². The first-order valence-electron chi connectivity index (χ1n) is 6.25. The molecule has 0 aliphatic rings. The maximum atomic E-state index is 12.5. The van der Waals surface area contributed by atoms with Gasteiger partial charge in [0.2, 0.25) is 0 Å². The van der Waals surface area contributed by atoms with Gasteiger partial charge in [0, 0.05) is 11.1 Å². The van der Waals surface area contributed by atoms with Crippen LogP contribution in [-0.4, -0.2) is 13.3 Å². The summed E-state index contributed by atoms with van der Waals surface area (Å²) in [5.74, 6) is 0. The van der Waals surface area contributed by atoms with Crippen LogP contribution in [0.25, 0.3) is 0 Å². The molecule has 2 rings (SSSR count). The lowest BCUT2D eigenvalue weighted by Crippen LogP contribution is -2.16. The van der Waals surface area contributed by atoms with E-state index in [0.717, 1.165) is 23.3 Å². The van der Waals surface area contributed by atoms with Crippen molar-refractivity contribution < 1.29 is 13.3 Å². The van der Waals surface area contributed by atoms with Gasteiger partial charge in [0.25, 0.3) is 15.7 Å². The number of hydrogen-bond acceptors (Lipinski definition) is 4. The van der Waals surface area contributed by atoms with Crippen molar-refractivity contribution in [2.75, 3.05) is 4.72 Å². The van der Waals surface area contributed by atoms with Crippen LogP contribution < -0.4 is 4.72 Å². The molecule has 116 valence electrons. The van der Waals surface area contributed by atoms with Gasteiger partial charge in [-0.3, -0.25) is 14.8 Å². The fourth-order valence-corrected chi connectivity index (χ4v) is 3.55. The summed E-state index contributed by atoms with van der Waals surface area (Å²) >= 11 is 5.70. The topological polar surface area (TPSA) is 89.3 Å². The Kier molecular flexibility index (Phi) is 4.39. The molecule has 0 atom stereocenters. The lowest BCUT2D eigenvalue weighted by Gasteiger charge is -2.13. The molecule has 8 heteroatoms. The van der Waals surface area contributed by atoms with Gasteiger partial charge in [-0.15, -0.1) is 0 Å². The number of anilines is 1. The van der Waals surface area contributed by atoms with Crippen LogP contribution in [0.15, 0.2) is 41.3 Å². The second-order valence-corrected chi connectivity index (χ2v) is 6.83. The standard InChI is InChI=1S/C14H13ClN2O4S/c1-9-4-3-5-10(2)14(9)16-22(20,21)13-7-6-11(15)8-12(13)17(18)19/h3-8,16H,1-2H3. The van der Waals surface area contributed by atoms with E-state index in [4.69, 9.17) is 11.6 Å². The Morgan fingerprint density at radius 1 is 1.14 bits per heavy atom. The molecule has 0 aliphatic heterocycles. The number of benzene rings is 2. The molecule has 0 unspecified atom stereocenters. The maximum absolute atomic E-state index is 12.5. The summed E-state index contributed by atoms with van der Waals surface area (Å²) in [7, 11) is -4.10. The number of halogens is 1. The first-order chi connectivity index (χ1) is 10.2. The van der Waals surface area contributed by atoms with Gasteiger partial charge < -0.3 is 0 Å². The third kappa shape index (κ3) is 3.20. The minimum atomic E-state index is -4.10. The van der Waals surface area contributed by atoms with Crippen LogP contribution in [0, 0.1) is 24.0 Å². The second kappa shape index (κ2) is 5.94. The van der Waals surface area contributed by atoms with Gasteiger partial charge in [-0.05, 0) is 37.1 Å². The monoisotopic (exact) mass is 340 g/mol. The van der Waals surface area contributed by atoms with E-state index < -0.39 is 25.5 Å². The summed E-state index contributed by atoms with van der Waals surface area (Å²) < 4.78 is 27.4. The van der Waals surface area contributed by atoms with Gasteiger partial charge in [0.15, 0.2) is 4.90 Å². The van der Waals surface area contributed by atoms with Crippen molar-refractivity contribution in [1.82, 2.24) is 0 Å². The van der Waals surface area contributed by atoms with E-state index in [0.29, 0.717) is 5.69 Å². The molecule has 0 bridgehead atoms. The van der Waals surface area contributed by atoms with Gasteiger partial charge in [-0.1, -0.05) is 29.8 Å². The third-order valence-corrected chi connectivity index (χ3v) is 4.76. The largest absolute Gasteiger partial charge is 0.291 e. The molecule has 1 N–H and O–H groups in total. The summed E-state index contributed by atoms with van der Waals surface area (Å²) in [6.07, 6.45) is 0. The molecule has 22 heavy (non-hydrogen) atoms. The van der Waals surface area contributed by atoms with Crippen LogP contribution in [0.2, 0.25) is 5.02 Å². The summed E-state index contributed by atoms with van der Waals surface area (Å²) in [6, 6.07) is 8.74. The van der Waals surface area contributed by atoms with Crippen LogP contribution in [0.4, 0.5) is 11.4 Å². The summed E-state index contributed by atoms with van der Waals surface area (Å²) in [4.78, 5) is 9.86. The number of nitro benzene ring substituents is 1. The summed E-state index contributed by atoms with van der Waals surface area (Å²) in [5, 5.41) is 11.2. The number of para-hydroxylation sites is 1. The quantitative estimate of drug-likeness (QED) is 0.679. The molecule has 0 heterocycles. The van der Waals surface area contributed by atoms with E-state index in [2.05, 4.69) is 4.72 Å². The van der Waals surface area contributed by atoms with Gasteiger partial charge in [0.05, 0.1) is 10.6 Å². The van der Waals surface area contributed by atoms with E-state index in [1.54, 1.807) is 32.0 Å². The number of nitrogens with one attached hydrogen (secondary N) is 1. The first kappa shape index (κ1) is 16.3. The Labute approximate surface area is 132 Å². The minimum Gasteiger partial charge on any atom is -0.279 e. The maximum Gasteiger partial charge on any atom is 0.291 e. The molecule has 2 aromatic carbocycles. The van der Waals surface area contributed by atoms with Crippen LogP contribution in [0.3, 0.4) is 0 Å². The smallest absolute Gasteiger partial charge is 0.279 e. The zero-order valence-electron chi connectivity index (χ0n) is 11.8. The molecule has 0 saturated carbocycles. The zero-order chi connectivity index (χ0) is 16.5. The van der Waals surface area contributed by atoms with E-state index in [-0.39, 0.29) is 5.02 Å². The Hall–Kier alpha value is -2.12. The highest BCUT2D eigenvalue weighted by Crippen LogP contribution is 2.30. The number of sulfonamides is 1. The molecule has 0 spiro atoms. The lowest BCUT2D eigenvalue weighted by molar-refractivity contribution is -0.387. The molecule has 0 amide bonds. The van der Waals surface area contributed by atoms with Crippen molar-refractivity contribution in [3.63, 3.8) is 0 Å². The van der Waals surface area contributed by atoms with Crippen LogP contribution in [0.1, 0.15) is 11.1 Å². The first-order valence-corrected chi connectivity index (χ1v) is 8.11. The number of nitrogens with zero attached hydrogens (tertiary/aromatic N) is 1. The van der Waals surface area contributed by atoms with Gasteiger partial charge >= 0.3 is 0 Å². The number of hydrogen-bond donors (Lipinski definition) is 1. The van der Waals surface area contributed by atoms with Crippen molar-refractivity contribution in [3.05, 3.63) is 62.7 Å². The van der Waals surface area contributed by atoms with Crippen molar-refractivity contribution in [1.29, 1.82) is 0 Å². The van der Waals surface area contributed by atoms with Gasteiger partial charge in [0.1, 0.15) is 0 Å². The summed E-state index contributed by atoms with van der Waals surface area (Å²) in [6.45, 7) is 3.50. The SMILES string of the molecule is Cc1cccc(C)c1NS(=O)(=O)c1ccc(Cl)cc1[N+](=O)[O-]. The lowest BCUT2D eigenvalue weighted by atomic mass is 10.1. The molecular formula is C14H13ClN2O4S. The molecule has 0 aromatic heterocycles. The Morgan fingerprint density at radius 3 is 2.27 bits per heavy atom. The Bertz CT molecular complexity index is 830. The van der Waals surface area contributed by atoms with Crippen LogP contribution >= 0.6 is 11.6 Å². The molecule has 6 nitrogen and oxygen atoms in total. The predicted molar refractivity (Wildman–Crippen MR) is 84.8 cm³/mol. The number of aryl methyl sites for hydroxylation is 2.